The summed E-state index contributed by atoms with van der Waals surface area (Å²) in [5.74, 6) is 0.817. The Morgan fingerprint density at radius 1 is 1.43 bits per heavy atom. The fourth-order valence-electron chi connectivity index (χ4n) is 2.08. The average molecular weight is 333 g/mol. The van der Waals surface area contributed by atoms with Crippen LogP contribution in [0, 0.1) is 13.8 Å². The first kappa shape index (κ1) is 17.3. The van der Waals surface area contributed by atoms with E-state index in [1.165, 1.54) is 0 Å². The van der Waals surface area contributed by atoms with Crippen LogP contribution < -0.4 is 10.1 Å². The van der Waals surface area contributed by atoms with Crippen molar-refractivity contribution in [2.75, 3.05) is 13.7 Å². The van der Waals surface area contributed by atoms with E-state index in [4.69, 9.17) is 4.74 Å². The molecule has 0 saturated carbocycles. The van der Waals surface area contributed by atoms with Crippen molar-refractivity contribution >= 4 is 17.4 Å². The molecule has 1 aromatic carbocycles. The van der Waals surface area contributed by atoms with E-state index in [-0.39, 0.29) is 12.1 Å². The Labute approximate surface area is 141 Å². The molecule has 0 saturated heterocycles. The fraction of sp³-hybridized carbons (Fsp3) is 0.412. The van der Waals surface area contributed by atoms with E-state index in [0.717, 1.165) is 22.0 Å². The molecule has 23 heavy (non-hydrogen) atoms. The molecule has 0 bridgehead atoms. The van der Waals surface area contributed by atoms with Crippen LogP contribution in [0.2, 0.25) is 0 Å². The lowest BCUT2D eigenvalue weighted by atomic mass is 10.2. The topological polar surface area (TPSA) is 54.5 Å². The molecule has 0 radical (unpaired) electrons. The summed E-state index contributed by atoms with van der Waals surface area (Å²) < 4.78 is 5.71. The lowest BCUT2D eigenvalue weighted by Crippen LogP contribution is -2.43. The average Bonchev–Trinajstić information content (AvgIpc) is 2.90. The minimum absolute atomic E-state index is 0.0809. The Kier molecular flexibility index (Phi) is 5.98. The third-order valence-corrected chi connectivity index (χ3v) is 4.09. The molecule has 1 N–H and O–H groups in total. The highest BCUT2D eigenvalue weighted by Crippen LogP contribution is 2.13. The molecule has 0 spiro atoms. The molecule has 124 valence electrons. The molecule has 0 fully saturated rings. The quantitative estimate of drug-likeness (QED) is 0.882. The normalized spacial score (nSPS) is 11.8. The lowest BCUT2D eigenvalue weighted by molar-refractivity contribution is 0.195. The van der Waals surface area contributed by atoms with Crippen LogP contribution in [0.1, 0.15) is 23.2 Å². The summed E-state index contributed by atoms with van der Waals surface area (Å²) in [5.41, 5.74) is 2.06. The van der Waals surface area contributed by atoms with Crippen LogP contribution in [-0.4, -0.2) is 35.6 Å². The molecule has 0 aliphatic heterocycles. The van der Waals surface area contributed by atoms with E-state index in [9.17, 15) is 4.79 Å². The molecule has 0 unspecified atom stereocenters. The first-order valence-electron chi connectivity index (χ1n) is 7.56. The van der Waals surface area contributed by atoms with E-state index in [1.54, 1.807) is 23.3 Å². The number of ether oxygens (including phenoxy) is 1. The van der Waals surface area contributed by atoms with Crippen molar-refractivity contribution in [3.05, 3.63) is 45.9 Å². The molecular formula is C17H23N3O2S. The van der Waals surface area contributed by atoms with Gasteiger partial charge in [0, 0.05) is 12.4 Å². The van der Waals surface area contributed by atoms with Crippen molar-refractivity contribution in [1.82, 2.24) is 15.2 Å². The molecule has 1 heterocycles. The second kappa shape index (κ2) is 7.97. The number of nitrogens with zero attached hydrogens (tertiary/aromatic N) is 2. The Balaban J connectivity index is 1.77. The molecule has 0 aliphatic rings. The molecule has 1 aromatic heterocycles. The number of hydrogen-bond donors (Lipinski definition) is 1. The Morgan fingerprint density at radius 3 is 2.87 bits per heavy atom. The van der Waals surface area contributed by atoms with Gasteiger partial charge in [-0.15, -0.1) is 11.3 Å². The van der Waals surface area contributed by atoms with Gasteiger partial charge in [0.2, 0.25) is 0 Å². The van der Waals surface area contributed by atoms with Gasteiger partial charge < -0.3 is 15.0 Å². The number of carbonyl (C=O) groups is 1. The molecular weight excluding hydrogens is 310 g/mol. The highest BCUT2D eigenvalue weighted by atomic mass is 32.1. The summed E-state index contributed by atoms with van der Waals surface area (Å²) in [4.78, 5) is 18.2. The van der Waals surface area contributed by atoms with E-state index in [2.05, 4.69) is 10.3 Å². The van der Waals surface area contributed by atoms with Gasteiger partial charge in [-0.2, -0.15) is 0 Å². The maximum Gasteiger partial charge on any atom is 0.317 e. The third kappa shape index (κ3) is 5.56. The molecule has 1 atom stereocenters. The van der Waals surface area contributed by atoms with Crippen LogP contribution >= 0.6 is 11.3 Å². The zero-order valence-electron chi connectivity index (χ0n) is 14.0. The Morgan fingerprint density at radius 2 is 2.22 bits per heavy atom. The summed E-state index contributed by atoms with van der Waals surface area (Å²) in [6.07, 6.45) is 0. The van der Waals surface area contributed by atoms with E-state index >= 15 is 0 Å². The number of aryl methyl sites for hydroxylation is 2. The predicted molar refractivity (Wildman–Crippen MR) is 93.0 cm³/mol. The standard InChI is InChI=1S/C17H23N3O2S/c1-12-6-5-7-16(8-12)22-10-13(2)18-17(21)20(4)9-15-11-23-14(3)19-15/h5-8,11,13H,9-10H2,1-4H3,(H,18,21)/t13-/m1/s1. The number of aromatic nitrogens is 1. The van der Waals surface area contributed by atoms with Gasteiger partial charge in [-0.3, -0.25) is 0 Å². The van der Waals surface area contributed by atoms with Crippen molar-refractivity contribution in [3.63, 3.8) is 0 Å². The number of hydrogen-bond acceptors (Lipinski definition) is 4. The first-order chi connectivity index (χ1) is 10.9. The second-order valence-corrected chi connectivity index (χ2v) is 6.75. The minimum atomic E-state index is -0.129. The van der Waals surface area contributed by atoms with Gasteiger partial charge in [-0.1, -0.05) is 12.1 Å². The van der Waals surface area contributed by atoms with Crippen LogP contribution in [-0.2, 0) is 6.54 Å². The summed E-state index contributed by atoms with van der Waals surface area (Å²) >= 11 is 1.59. The zero-order valence-corrected chi connectivity index (χ0v) is 14.8. The monoisotopic (exact) mass is 333 g/mol. The smallest absolute Gasteiger partial charge is 0.317 e. The van der Waals surface area contributed by atoms with Gasteiger partial charge in [-0.25, -0.2) is 9.78 Å². The molecule has 2 aromatic rings. The molecule has 5 nitrogen and oxygen atoms in total. The number of carbonyl (C=O) groups excluding carboxylic acids is 1. The maximum atomic E-state index is 12.2. The zero-order chi connectivity index (χ0) is 16.8. The number of urea groups is 1. The first-order valence-corrected chi connectivity index (χ1v) is 8.44. The van der Waals surface area contributed by atoms with Gasteiger partial charge in [0.15, 0.2) is 0 Å². The van der Waals surface area contributed by atoms with Crippen LogP contribution in [0.4, 0.5) is 4.79 Å². The van der Waals surface area contributed by atoms with Crippen LogP contribution in [0.25, 0.3) is 0 Å². The van der Waals surface area contributed by atoms with Crippen molar-refractivity contribution < 1.29 is 9.53 Å². The summed E-state index contributed by atoms with van der Waals surface area (Å²) in [6.45, 7) is 6.83. The van der Waals surface area contributed by atoms with Gasteiger partial charge in [0.05, 0.1) is 23.3 Å². The van der Waals surface area contributed by atoms with Crippen LogP contribution in [0.5, 0.6) is 5.75 Å². The maximum absolute atomic E-state index is 12.2. The van der Waals surface area contributed by atoms with Crippen molar-refractivity contribution in [1.29, 1.82) is 0 Å². The van der Waals surface area contributed by atoms with Gasteiger partial charge in [0.25, 0.3) is 0 Å². The number of nitrogens with one attached hydrogen (secondary N) is 1. The van der Waals surface area contributed by atoms with Crippen molar-refractivity contribution in [2.45, 2.75) is 33.4 Å². The van der Waals surface area contributed by atoms with Gasteiger partial charge >= 0.3 is 6.03 Å². The van der Waals surface area contributed by atoms with E-state index in [1.807, 2.05) is 50.4 Å². The number of benzene rings is 1. The summed E-state index contributed by atoms with van der Waals surface area (Å²) in [5, 5.41) is 5.91. The largest absolute Gasteiger partial charge is 0.491 e. The minimum Gasteiger partial charge on any atom is -0.491 e. The number of rotatable bonds is 6. The molecule has 2 rings (SSSR count). The van der Waals surface area contributed by atoms with Gasteiger partial charge in [0.1, 0.15) is 12.4 Å². The Bertz CT molecular complexity index is 657. The predicted octanol–water partition coefficient (Wildman–Crippen LogP) is 3.37. The lowest BCUT2D eigenvalue weighted by Gasteiger charge is -2.21. The molecule has 0 aliphatic carbocycles. The molecule has 2 amide bonds. The second-order valence-electron chi connectivity index (χ2n) is 5.69. The number of amides is 2. The van der Waals surface area contributed by atoms with E-state index < -0.39 is 0 Å². The molecule has 6 heteroatoms. The van der Waals surface area contributed by atoms with Crippen molar-refractivity contribution in [3.8, 4) is 5.75 Å². The van der Waals surface area contributed by atoms with Crippen molar-refractivity contribution in [2.24, 2.45) is 0 Å². The van der Waals surface area contributed by atoms with Crippen LogP contribution in [0.3, 0.4) is 0 Å². The number of thiazole rings is 1. The Hall–Kier alpha value is -2.08. The van der Waals surface area contributed by atoms with E-state index in [0.29, 0.717) is 13.2 Å². The summed E-state index contributed by atoms with van der Waals surface area (Å²) in [6, 6.07) is 7.66. The van der Waals surface area contributed by atoms with Gasteiger partial charge in [-0.05, 0) is 38.5 Å². The SMILES string of the molecule is Cc1cccc(OC[C@@H](C)NC(=O)N(C)Cc2csc(C)n2)c1. The van der Waals surface area contributed by atoms with Crippen LogP contribution in [0.15, 0.2) is 29.6 Å². The third-order valence-electron chi connectivity index (χ3n) is 3.27. The highest BCUT2D eigenvalue weighted by molar-refractivity contribution is 7.09. The highest BCUT2D eigenvalue weighted by Gasteiger charge is 2.14. The fourth-order valence-corrected chi connectivity index (χ4v) is 2.69. The summed E-state index contributed by atoms with van der Waals surface area (Å²) in [7, 11) is 1.76.